The van der Waals surface area contributed by atoms with Crippen molar-refractivity contribution in [1.29, 1.82) is 0 Å². The van der Waals surface area contributed by atoms with E-state index in [1.54, 1.807) is 38.1 Å². The van der Waals surface area contributed by atoms with Gasteiger partial charge in [0, 0.05) is 10.7 Å². The van der Waals surface area contributed by atoms with Gasteiger partial charge in [-0.3, -0.25) is 30.4 Å². The summed E-state index contributed by atoms with van der Waals surface area (Å²) in [5.74, 6) is -0.453. The molecule has 3 N–H and O–H groups in total. The highest BCUT2D eigenvalue weighted by Crippen LogP contribution is 2.24. The van der Waals surface area contributed by atoms with Crippen LogP contribution in [0.5, 0.6) is 0 Å². The van der Waals surface area contributed by atoms with Crippen molar-refractivity contribution in [3.63, 3.8) is 0 Å². The predicted molar refractivity (Wildman–Crippen MR) is 102 cm³/mol. The zero-order valence-corrected chi connectivity index (χ0v) is 15.8. The molecule has 1 heterocycles. The van der Waals surface area contributed by atoms with Crippen molar-refractivity contribution in [3.05, 3.63) is 50.8 Å². The number of carbonyl (C=O) groups excluding carboxylic acids is 1. The van der Waals surface area contributed by atoms with Crippen molar-refractivity contribution in [2.24, 2.45) is 0 Å². The van der Waals surface area contributed by atoms with Gasteiger partial charge < -0.3 is 5.32 Å². The minimum absolute atomic E-state index is 0.0995. The Morgan fingerprint density at radius 1 is 1.31 bits per heavy atom. The molecule has 138 valence electrons. The molecule has 1 aromatic carbocycles. The number of rotatable bonds is 4. The number of hydrazine groups is 1. The maximum atomic E-state index is 12.3. The number of aryl methyl sites for hydroxylation is 1. The Balaban J connectivity index is 1.97. The van der Waals surface area contributed by atoms with E-state index < -0.39 is 16.9 Å². The Hall–Kier alpha value is -2.72. The Kier molecular flexibility index (Phi) is 6.11. The van der Waals surface area contributed by atoms with E-state index in [1.807, 2.05) is 0 Å². The third-order valence-corrected chi connectivity index (χ3v) is 4.07. The zero-order valence-electron chi connectivity index (χ0n) is 14.2. The van der Waals surface area contributed by atoms with Crippen molar-refractivity contribution >= 4 is 46.2 Å². The quantitative estimate of drug-likeness (QED) is 0.413. The molecule has 0 saturated heterocycles. The van der Waals surface area contributed by atoms with Gasteiger partial charge in [-0.05, 0) is 57.3 Å². The molecule has 0 aliphatic carbocycles. The van der Waals surface area contributed by atoms with Gasteiger partial charge in [0.15, 0.2) is 5.11 Å². The first-order chi connectivity index (χ1) is 12.2. The fourth-order valence-electron chi connectivity index (χ4n) is 2.33. The van der Waals surface area contributed by atoms with Crippen LogP contribution in [0.25, 0.3) is 0 Å². The average molecular weight is 397 g/mol. The molecule has 2 aromatic rings. The lowest BCUT2D eigenvalue weighted by molar-refractivity contribution is -0.386. The fourth-order valence-corrected chi connectivity index (χ4v) is 2.62. The number of hydrogen-bond donors (Lipinski definition) is 3. The van der Waals surface area contributed by atoms with E-state index in [1.165, 1.54) is 11.6 Å². The first kappa shape index (κ1) is 19.6. The summed E-state index contributed by atoms with van der Waals surface area (Å²) in [6.45, 7) is 4.65. The Bertz CT molecular complexity index is 852. The summed E-state index contributed by atoms with van der Waals surface area (Å²) in [7, 11) is 0. The van der Waals surface area contributed by atoms with E-state index in [0.29, 0.717) is 16.4 Å². The molecule has 9 nitrogen and oxygen atoms in total. The maximum Gasteiger partial charge on any atom is 0.312 e. The van der Waals surface area contributed by atoms with Crippen LogP contribution in [0, 0.1) is 24.0 Å². The molecule has 1 amide bonds. The smallest absolute Gasteiger partial charge is 0.312 e. The Morgan fingerprint density at radius 2 is 1.92 bits per heavy atom. The number of aromatic nitrogens is 2. The monoisotopic (exact) mass is 396 g/mol. The van der Waals surface area contributed by atoms with Gasteiger partial charge >= 0.3 is 5.69 Å². The molecular weight excluding hydrogens is 380 g/mol. The van der Waals surface area contributed by atoms with E-state index >= 15 is 0 Å². The van der Waals surface area contributed by atoms with Gasteiger partial charge in [-0.25, -0.2) is 0 Å². The van der Waals surface area contributed by atoms with Gasteiger partial charge in [0.1, 0.15) is 17.4 Å². The van der Waals surface area contributed by atoms with Gasteiger partial charge in [0.2, 0.25) is 0 Å². The normalized spacial score (nSPS) is 11.5. The first-order valence-electron chi connectivity index (χ1n) is 7.53. The average Bonchev–Trinajstić information content (AvgIpc) is 2.88. The summed E-state index contributed by atoms with van der Waals surface area (Å²) in [5, 5.41) is 18.8. The van der Waals surface area contributed by atoms with E-state index in [0.717, 1.165) is 0 Å². The van der Waals surface area contributed by atoms with Crippen LogP contribution in [-0.4, -0.2) is 25.7 Å². The number of nitro groups is 1. The van der Waals surface area contributed by atoms with Crippen LogP contribution in [0.3, 0.4) is 0 Å². The Labute approximate surface area is 159 Å². The molecule has 0 aliphatic rings. The molecule has 11 heteroatoms. The standard InChI is InChI=1S/C15H17ClN6O3S/c1-8-13(22(24)25)9(2)21(20-8)10(3)14(23)18-19-15(26)17-12-6-4-11(16)5-7-12/h4-7,10H,1-3H3,(H,18,23)(H2,17,19,26)/t10-/m1/s1. The van der Waals surface area contributed by atoms with Crippen LogP contribution in [0.4, 0.5) is 11.4 Å². The molecule has 1 aromatic heterocycles. The van der Waals surface area contributed by atoms with Crippen molar-refractivity contribution in [2.75, 3.05) is 5.32 Å². The molecular formula is C15H17ClN6O3S. The highest BCUT2D eigenvalue weighted by Gasteiger charge is 2.27. The lowest BCUT2D eigenvalue weighted by Gasteiger charge is -2.16. The molecule has 0 fully saturated rings. The molecule has 0 bridgehead atoms. The van der Waals surface area contributed by atoms with Crippen LogP contribution in [0.1, 0.15) is 24.4 Å². The van der Waals surface area contributed by atoms with Crippen LogP contribution in [0.15, 0.2) is 24.3 Å². The van der Waals surface area contributed by atoms with Gasteiger partial charge in [0.05, 0.1) is 4.92 Å². The van der Waals surface area contributed by atoms with E-state index in [9.17, 15) is 14.9 Å². The number of amides is 1. The predicted octanol–water partition coefficient (Wildman–Crippen LogP) is 2.64. The summed E-state index contributed by atoms with van der Waals surface area (Å²) in [6, 6.07) is 6.09. The van der Waals surface area contributed by atoms with Crippen molar-refractivity contribution in [3.8, 4) is 0 Å². The van der Waals surface area contributed by atoms with Crippen LogP contribution in [0.2, 0.25) is 5.02 Å². The van der Waals surface area contributed by atoms with E-state index in [-0.39, 0.29) is 16.5 Å². The van der Waals surface area contributed by atoms with Gasteiger partial charge in [0.25, 0.3) is 5.91 Å². The van der Waals surface area contributed by atoms with Crippen LogP contribution >= 0.6 is 23.8 Å². The summed E-state index contributed by atoms with van der Waals surface area (Å²) in [4.78, 5) is 22.8. The lowest BCUT2D eigenvalue weighted by atomic mass is 10.3. The number of nitrogens with one attached hydrogen (secondary N) is 3. The van der Waals surface area contributed by atoms with Crippen LogP contribution in [-0.2, 0) is 4.79 Å². The number of halogens is 1. The SMILES string of the molecule is Cc1nn([C@H](C)C(=O)NNC(=S)Nc2ccc(Cl)cc2)c(C)c1[N+](=O)[O-]. The van der Waals surface area contributed by atoms with Crippen molar-refractivity contribution in [1.82, 2.24) is 20.6 Å². The second kappa shape index (κ2) is 8.11. The molecule has 0 aliphatic heterocycles. The molecule has 0 unspecified atom stereocenters. The van der Waals surface area contributed by atoms with Gasteiger partial charge in [-0.15, -0.1) is 0 Å². The second-order valence-electron chi connectivity index (χ2n) is 5.47. The number of hydrogen-bond acceptors (Lipinski definition) is 5. The molecule has 0 saturated carbocycles. The van der Waals surface area contributed by atoms with Gasteiger partial charge in [-0.1, -0.05) is 11.6 Å². The number of anilines is 1. The van der Waals surface area contributed by atoms with E-state index in [2.05, 4.69) is 21.3 Å². The molecule has 0 radical (unpaired) electrons. The third-order valence-electron chi connectivity index (χ3n) is 3.62. The minimum Gasteiger partial charge on any atom is -0.331 e. The van der Waals surface area contributed by atoms with Gasteiger partial charge in [-0.2, -0.15) is 5.10 Å². The Morgan fingerprint density at radius 3 is 2.46 bits per heavy atom. The minimum atomic E-state index is -0.770. The topological polar surface area (TPSA) is 114 Å². The number of benzene rings is 1. The summed E-state index contributed by atoms with van der Waals surface area (Å²) >= 11 is 10.9. The van der Waals surface area contributed by atoms with Crippen LogP contribution < -0.4 is 16.2 Å². The number of nitrogens with zero attached hydrogens (tertiary/aromatic N) is 3. The summed E-state index contributed by atoms with van der Waals surface area (Å²) in [5.41, 5.74) is 6.17. The molecule has 1 atom stereocenters. The summed E-state index contributed by atoms with van der Waals surface area (Å²) in [6.07, 6.45) is 0. The first-order valence-corrected chi connectivity index (χ1v) is 8.32. The third kappa shape index (κ3) is 4.46. The van der Waals surface area contributed by atoms with Crippen molar-refractivity contribution < 1.29 is 9.72 Å². The largest absolute Gasteiger partial charge is 0.331 e. The molecule has 26 heavy (non-hydrogen) atoms. The summed E-state index contributed by atoms with van der Waals surface area (Å²) < 4.78 is 1.31. The number of carbonyl (C=O) groups is 1. The maximum absolute atomic E-state index is 12.3. The second-order valence-corrected chi connectivity index (χ2v) is 6.32. The van der Waals surface area contributed by atoms with Crippen molar-refractivity contribution in [2.45, 2.75) is 26.8 Å². The fraction of sp³-hybridized carbons (Fsp3) is 0.267. The number of thiocarbonyl (C=S) groups is 1. The lowest BCUT2D eigenvalue weighted by Crippen LogP contribution is -2.46. The highest BCUT2D eigenvalue weighted by atomic mass is 35.5. The molecule has 2 rings (SSSR count). The zero-order chi connectivity index (χ0) is 19.4. The highest BCUT2D eigenvalue weighted by molar-refractivity contribution is 7.80. The van der Waals surface area contributed by atoms with E-state index in [4.69, 9.17) is 23.8 Å². The molecule has 0 spiro atoms.